The van der Waals surface area contributed by atoms with E-state index in [4.69, 9.17) is 20.5 Å². The van der Waals surface area contributed by atoms with E-state index >= 15 is 0 Å². The summed E-state index contributed by atoms with van der Waals surface area (Å²) < 4.78 is 35.0. The van der Waals surface area contributed by atoms with Crippen LogP contribution in [0.2, 0.25) is 5.02 Å². The van der Waals surface area contributed by atoms with Crippen molar-refractivity contribution in [2.24, 2.45) is 4.99 Å². The molecule has 3 aromatic carbocycles. The molecule has 0 fully saturated rings. The van der Waals surface area contributed by atoms with E-state index in [2.05, 4.69) is 4.99 Å². The summed E-state index contributed by atoms with van der Waals surface area (Å²) in [5, 5.41) is 0.551. The summed E-state index contributed by atoms with van der Waals surface area (Å²) in [6.07, 6.45) is 1.54. The van der Waals surface area contributed by atoms with Crippen LogP contribution in [-0.4, -0.2) is 20.3 Å². The highest BCUT2D eigenvalue weighted by atomic mass is 35.5. The van der Waals surface area contributed by atoms with Gasteiger partial charge < -0.3 is 8.92 Å². The Morgan fingerprint density at radius 1 is 1.00 bits per heavy atom. The minimum absolute atomic E-state index is 0.0629. The van der Waals surface area contributed by atoms with Crippen molar-refractivity contribution in [1.82, 2.24) is 0 Å². The molecule has 0 unspecified atom stereocenters. The maximum absolute atomic E-state index is 12.3. The number of halogens is 1. The van der Waals surface area contributed by atoms with Gasteiger partial charge in [0.1, 0.15) is 10.6 Å². The fourth-order valence-corrected chi connectivity index (χ4v) is 3.93. The lowest BCUT2D eigenvalue weighted by atomic mass is 10.1. The smallest absolute Gasteiger partial charge is 0.363 e. The number of rotatable bonds is 5. The summed E-state index contributed by atoms with van der Waals surface area (Å²) >= 11 is 6.13. The van der Waals surface area contributed by atoms with E-state index in [1.807, 2.05) is 13.0 Å². The number of nitrogens with zero attached hydrogens (tertiary/aromatic N) is 1. The molecule has 1 heterocycles. The molecule has 31 heavy (non-hydrogen) atoms. The van der Waals surface area contributed by atoms with E-state index in [0.29, 0.717) is 16.1 Å². The summed E-state index contributed by atoms with van der Waals surface area (Å²) in [7, 11) is -3.92. The summed E-state index contributed by atoms with van der Waals surface area (Å²) in [6, 6.07) is 19.4. The number of aliphatic imine (C=N–C) groups is 1. The van der Waals surface area contributed by atoms with Gasteiger partial charge in [0.05, 0.1) is 0 Å². The normalized spacial score (nSPS) is 15.0. The Balaban J connectivity index is 1.53. The molecule has 1 aliphatic rings. The lowest BCUT2D eigenvalue weighted by Gasteiger charge is -2.07. The number of ether oxygens (including phenoxy) is 1. The van der Waals surface area contributed by atoms with Gasteiger partial charge in [-0.15, -0.1) is 0 Å². The van der Waals surface area contributed by atoms with Crippen molar-refractivity contribution in [2.75, 3.05) is 0 Å². The zero-order chi connectivity index (χ0) is 22.0. The number of benzene rings is 3. The molecule has 0 saturated heterocycles. The SMILES string of the molecule is Cc1ccc(C2=NC(=Cc3ccc(OS(=O)(=O)c4ccccc4)cc3)C(=O)O2)cc1Cl. The van der Waals surface area contributed by atoms with E-state index in [1.165, 1.54) is 24.3 Å². The Bertz CT molecular complexity index is 1310. The highest BCUT2D eigenvalue weighted by molar-refractivity contribution is 7.87. The molecule has 0 amide bonds. The Labute approximate surface area is 184 Å². The molecule has 6 nitrogen and oxygen atoms in total. The van der Waals surface area contributed by atoms with Crippen LogP contribution in [-0.2, 0) is 19.6 Å². The molecule has 1 aliphatic heterocycles. The van der Waals surface area contributed by atoms with Crippen LogP contribution in [0.15, 0.2) is 88.4 Å². The second-order valence-corrected chi connectivity index (χ2v) is 8.67. The van der Waals surface area contributed by atoms with Crippen LogP contribution in [0, 0.1) is 6.92 Å². The van der Waals surface area contributed by atoms with Crippen molar-refractivity contribution in [3.05, 3.63) is 100 Å². The van der Waals surface area contributed by atoms with E-state index in [9.17, 15) is 13.2 Å². The maximum atomic E-state index is 12.3. The number of aryl methyl sites for hydroxylation is 1. The van der Waals surface area contributed by atoms with Gasteiger partial charge in [-0.25, -0.2) is 9.79 Å². The quantitative estimate of drug-likeness (QED) is 0.316. The molecule has 0 atom stereocenters. The van der Waals surface area contributed by atoms with Crippen molar-refractivity contribution >= 4 is 39.7 Å². The first-order chi connectivity index (χ1) is 14.8. The molecular weight excluding hydrogens is 438 g/mol. The molecular formula is C23H16ClNO5S. The van der Waals surface area contributed by atoms with Crippen LogP contribution < -0.4 is 4.18 Å². The predicted molar refractivity (Wildman–Crippen MR) is 117 cm³/mol. The van der Waals surface area contributed by atoms with Crippen LogP contribution in [0.1, 0.15) is 16.7 Å². The summed E-state index contributed by atoms with van der Waals surface area (Å²) in [5.41, 5.74) is 2.26. The molecule has 0 radical (unpaired) electrons. The molecule has 0 aromatic heterocycles. The predicted octanol–water partition coefficient (Wildman–Crippen LogP) is 4.76. The first kappa shape index (κ1) is 20.8. The monoisotopic (exact) mass is 453 g/mol. The first-order valence-electron chi connectivity index (χ1n) is 9.20. The van der Waals surface area contributed by atoms with Crippen LogP contribution in [0.3, 0.4) is 0 Å². The third kappa shape index (κ3) is 4.68. The zero-order valence-electron chi connectivity index (χ0n) is 16.3. The van der Waals surface area contributed by atoms with Gasteiger partial charge in [-0.05, 0) is 60.5 Å². The van der Waals surface area contributed by atoms with Gasteiger partial charge in [0.15, 0.2) is 5.70 Å². The number of carbonyl (C=O) groups excluding carboxylic acids is 1. The molecule has 0 aliphatic carbocycles. The minimum Gasteiger partial charge on any atom is -0.402 e. The third-order valence-corrected chi connectivity index (χ3v) is 6.13. The largest absolute Gasteiger partial charge is 0.402 e. The number of carbonyl (C=O) groups is 1. The number of cyclic esters (lactones) is 1. The molecule has 8 heteroatoms. The molecule has 4 rings (SSSR count). The van der Waals surface area contributed by atoms with E-state index in [0.717, 1.165) is 5.56 Å². The topological polar surface area (TPSA) is 82.0 Å². The average molecular weight is 454 g/mol. The lowest BCUT2D eigenvalue weighted by molar-refractivity contribution is -0.129. The van der Waals surface area contributed by atoms with Gasteiger partial charge in [-0.3, -0.25) is 0 Å². The van der Waals surface area contributed by atoms with Crippen LogP contribution in [0.5, 0.6) is 5.75 Å². The van der Waals surface area contributed by atoms with Gasteiger partial charge >= 0.3 is 16.1 Å². The van der Waals surface area contributed by atoms with Gasteiger partial charge in [0.25, 0.3) is 0 Å². The van der Waals surface area contributed by atoms with Crippen molar-refractivity contribution in [1.29, 1.82) is 0 Å². The molecule has 0 bridgehead atoms. The van der Waals surface area contributed by atoms with Crippen molar-refractivity contribution in [2.45, 2.75) is 11.8 Å². The molecule has 0 N–H and O–H groups in total. The molecule has 156 valence electrons. The Morgan fingerprint density at radius 3 is 2.39 bits per heavy atom. The van der Waals surface area contributed by atoms with Crippen LogP contribution in [0.4, 0.5) is 0 Å². The lowest BCUT2D eigenvalue weighted by Crippen LogP contribution is -2.09. The van der Waals surface area contributed by atoms with Gasteiger partial charge in [0, 0.05) is 10.6 Å². The highest BCUT2D eigenvalue weighted by Crippen LogP contribution is 2.24. The van der Waals surface area contributed by atoms with Gasteiger partial charge in [0.2, 0.25) is 5.90 Å². The van der Waals surface area contributed by atoms with Gasteiger partial charge in [-0.2, -0.15) is 8.42 Å². The van der Waals surface area contributed by atoms with Crippen molar-refractivity contribution < 1.29 is 22.1 Å². The van der Waals surface area contributed by atoms with E-state index in [-0.39, 0.29) is 22.2 Å². The highest BCUT2D eigenvalue weighted by Gasteiger charge is 2.24. The fourth-order valence-electron chi connectivity index (χ4n) is 2.80. The van der Waals surface area contributed by atoms with E-state index in [1.54, 1.807) is 48.5 Å². The molecule has 0 saturated carbocycles. The number of hydrogen-bond donors (Lipinski definition) is 0. The van der Waals surface area contributed by atoms with E-state index < -0.39 is 16.1 Å². The second-order valence-electron chi connectivity index (χ2n) is 6.72. The third-order valence-electron chi connectivity index (χ3n) is 4.46. The summed E-state index contributed by atoms with van der Waals surface area (Å²) in [6.45, 7) is 1.87. The molecule has 0 spiro atoms. The average Bonchev–Trinajstić information content (AvgIpc) is 3.12. The fraction of sp³-hybridized carbons (Fsp3) is 0.0435. The maximum Gasteiger partial charge on any atom is 0.363 e. The Kier molecular flexibility index (Phi) is 5.63. The standard InChI is InChI=1S/C23H16ClNO5S/c1-15-7-10-17(14-20(15)24)22-25-21(23(26)29-22)13-16-8-11-18(12-9-16)30-31(27,28)19-5-3-2-4-6-19/h2-14H,1H3. The van der Waals surface area contributed by atoms with Crippen LogP contribution >= 0.6 is 11.6 Å². The second kappa shape index (κ2) is 8.37. The Hall–Kier alpha value is -3.42. The van der Waals surface area contributed by atoms with Crippen molar-refractivity contribution in [3.63, 3.8) is 0 Å². The Morgan fingerprint density at radius 2 is 1.71 bits per heavy atom. The zero-order valence-corrected chi connectivity index (χ0v) is 17.9. The van der Waals surface area contributed by atoms with Gasteiger partial charge in [-0.1, -0.05) is 48.0 Å². The number of hydrogen-bond acceptors (Lipinski definition) is 6. The minimum atomic E-state index is -3.92. The van der Waals surface area contributed by atoms with Crippen LogP contribution in [0.25, 0.3) is 6.08 Å². The molecule has 3 aromatic rings. The summed E-state index contributed by atoms with van der Waals surface area (Å²) in [4.78, 5) is 16.5. The van der Waals surface area contributed by atoms with Crippen molar-refractivity contribution in [3.8, 4) is 5.75 Å². The first-order valence-corrected chi connectivity index (χ1v) is 11.0. The summed E-state index contributed by atoms with van der Waals surface area (Å²) in [5.74, 6) is -0.260. The number of esters is 1.